The van der Waals surface area contributed by atoms with Gasteiger partial charge in [0.15, 0.2) is 5.79 Å². The van der Waals surface area contributed by atoms with Crippen molar-refractivity contribution in [2.75, 3.05) is 13.2 Å². The highest BCUT2D eigenvalue weighted by Crippen LogP contribution is 2.32. The summed E-state index contributed by atoms with van der Waals surface area (Å²) in [6, 6.07) is 6.60. The van der Waals surface area contributed by atoms with E-state index in [2.05, 4.69) is 0 Å². The van der Waals surface area contributed by atoms with Crippen LogP contribution in [0.25, 0.3) is 0 Å². The number of ether oxygens (including phenoxy) is 2. The maximum Gasteiger partial charge on any atom is 0.261 e. The fourth-order valence-electron chi connectivity index (χ4n) is 3.02. The molecule has 1 saturated heterocycles. The molecule has 2 heterocycles. The number of rotatable bonds is 4. The van der Waals surface area contributed by atoms with Gasteiger partial charge in [0, 0.05) is 0 Å². The molecule has 0 radical (unpaired) electrons. The fourth-order valence-corrected chi connectivity index (χ4v) is 3.02. The molecule has 2 aliphatic heterocycles. The molecule has 0 unspecified atom stereocenters. The van der Waals surface area contributed by atoms with E-state index in [0.717, 1.165) is 4.90 Å². The highest BCUT2D eigenvalue weighted by molar-refractivity contribution is 6.21. The zero-order valence-corrected chi connectivity index (χ0v) is 12.9. The number of imide groups is 1. The molecule has 2 aliphatic rings. The van der Waals surface area contributed by atoms with Gasteiger partial charge in [0.25, 0.3) is 11.8 Å². The summed E-state index contributed by atoms with van der Waals surface area (Å²) in [4.78, 5) is 25.9. The first-order valence-corrected chi connectivity index (χ1v) is 7.44. The second-order valence-electron chi connectivity index (χ2n) is 6.16. The molecule has 0 aromatic heterocycles. The van der Waals surface area contributed by atoms with Crippen LogP contribution < -0.4 is 0 Å². The first-order valence-electron chi connectivity index (χ1n) is 7.44. The minimum absolute atomic E-state index is 0.0441. The monoisotopic (exact) mass is 321 g/mol. The van der Waals surface area contributed by atoms with Crippen molar-refractivity contribution in [3.63, 3.8) is 0 Å². The van der Waals surface area contributed by atoms with E-state index < -0.39 is 42.5 Å². The predicted octanol–water partition coefficient (Wildman–Crippen LogP) is 0.156. The molecule has 1 fully saturated rings. The van der Waals surface area contributed by atoms with Crippen molar-refractivity contribution in [1.82, 2.24) is 4.90 Å². The molecule has 0 spiro atoms. The molecule has 1 aromatic carbocycles. The molecule has 7 nitrogen and oxygen atoms in total. The van der Waals surface area contributed by atoms with Gasteiger partial charge in [-0.3, -0.25) is 14.5 Å². The third kappa shape index (κ3) is 2.76. The smallest absolute Gasteiger partial charge is 0.261 e. The highest BCUT2D eigenvalue weighted by Gasteiger charge is 2.47. The molecule has 2 amide bonds. The van der Waals surface area contributed by atoms with E-state index in [-0.39, 0.29) is 6.54 Å². The molecule has 7 heteroatoms. The van der Waals surface area contributed by atoms with E-state index in [1.165, 1.54) is 0 Å². The van der Waals surface area contributed by atoms with Gasteiger partial charge in [0.05, 0.1) is 24.3 Å². The molecule has 2 N–H and O–H groups in total. The number of benzene rings is 1. The quantitative estimate of drug-likeness (QED) is 0.767. The Morgan fingerprint density at radius 2 is 1.74 bits per heavy atom. The van der Waals surface area contributed by atoms with Crippen molar-refractivity contribution in [3.8, 4) is 0 Å². The summed E-state index contributed by atoms with van der Waals surface area (Å²) in [6.45, 7) is 2.80. The third-order valence-corrected chi connectivity index (χ3v) is 4.03. The second-order valence-corrected chi connectivity index (χ2v) is 6.16. The maximum atomic E-state index is 12.4. The van der Waals surface area contributed by atoms with E-state index in [1.54, 1.807) is 38.1 Å². The van der Waals surface area contributed by atoms with Crippen LogP contribution in [0.1, 0.15) is 34.6 Å². The van der Waals surface area contributed by atoms with Crippen LogP contribution in [0.15, 0.2) is 24.3 Å². The van der Waals surface area contributed by atoms with Gasteiger partial charge in [-0.15, -0.1) is 0 Å². The van der Waals surface area contributed by atoms with Crippen LogP contribution in [0, 0.1) is 0 Å². The standard InChI is InChI=1S/C16H19NO6/c1-16(2)22-12(13(23-16)11(19)8-18)7-17-14(20)9-5-3-4-6-10(9)15(17)21/h3-6,11-13,18-19H,7-8H2,1-2H3/t11-,12+,13-/m1/s1. The number of nitrogens with zero attached hydrogens (tertiary/aromatic N) is 1. The average Bonchev–Trinajstić information content (AvgIpc) is 2.96. The summed E-state index contributed by atoms with van der Waals surface area (Å²) in [5.41, 5.74) is 0.713. The van der Waals surface area contributed by atoms with Crippen LogP contribution >= 0.6 is 0 Å². The van der Waals surface area contributed by atoms with Crippen molar-refractivity contribution in [3.05, 3.63) is 35.4 Å². The van der Waals surface area contributed by atoms with Crippen LogP contribution in [0.3, 0.4) is 0 Å². The van der Waals surface area contributed by atoms with Crippen LogP contribution in [-0.2, 0) is 9.47 Å². The Labute approximate surface area is 133 Å². The van der Waals surface area contributed by atoms with Crippen molar-refractivity contribution < 1.29 is 29.3 Å². The molecule has 3 atom stereocenters. The predicted molar refractivity (Wildman–Crippen MR) is 78.7 cm³/mol. The van der Waals surface area contributed by atoms with Crippen LogP contribution in [-0.4, -0.2) is 64.2 Å². The minimum atomic E-state index is -1.16. The van der Waals surface area contributed by atoms with Crippen molar-refractivity contribution in [2.24, 2.45) is 0 Å². The van der Waals surface area contributed by atoms with Gasteiger partial charge in [-0.1, -0.05) is 12.1 Å². The van der Waals surface area contributed by atoms with Gasteiger partial charge in [0.2, 0.25) is 0 Å². The van der Waals surface area contributed by atoms with Crippen LogP contribution in [0.4, 0.5) is 0 Å². The number of hydrogen-bond donors (Lipinski definition) is 2. The summed E-state index contributed by atoms with van der Waals surface area (Å²) in [5, 5.41) is 19.1. The van der Waals surface area contributed by atoms with Gasteiger partial charge in [-0.25, -0.2) is 0 Å². The zero-order valence-electron chi connectivity index (χ0n) is 12.9. The zero-order chi connectivity index (χ0) is 16.8. The molecule has 1 aromatic rings. The first kappa shape index (κ1) is 16.1. The summed E-state index contributed by atoms with van der Waals surface area (Å²) in [7, 11) is 0. The second kappa shape index (κ2) is 5.68. The number of aliphatic hydroxyl groups excluding tert-OH is 2. The lowest BCUT2D eigenvalue weighted by Gasteiger charge is -2.24. The molecule has 0 bridgehead atoms. The molecule has 124 valence electrons. The summed E-state index contributed by atoms with van der Waals surface area (Å²) in [6.07, 6.45) is -2.69. The van der Waals surface area contributed by atoms with Crippen LogP contribution in [0.5, 0.6) is 0 Å². The number of carbonyl (C=O) groups is 2. The Morgan fingerprint density at radius 1 is 1.17 bits per heavy atom. The van der Waals surface area contributed by atoms with E-state index in [1.807, 2.05) is 0 Å². The SMILES string of the molecule is CC1(C)O[C@H]([C@H](O)CO)[C@H](CN2C(=O)c3ccccc3C2=O)O1. The Morgan fingerprint density at radius 3 is 2.26 bits per heavy atom. The lowest BCUT2D eigenvalue weighted by Crippen LogP contribution is -2.45. The van der Waals surface area contributed by atoms with Crippen LogP contribution in [0.2, 0.25) is 0 Å². The first-order chi connectivity index (χ1) is 10.8. The number of amides is 2. The van der Waals surface area contributed by atoms with Gasteiger partial charge >= 0.3 is 0 Å². The van der Waals surface area contributed by atoms with Gasteiger partial charge in [0.1, 0.15) is 18.3 Å². The average molecular weight is 321 g/mol. The Balaban J connectivity index is 1.82. The van der Waals surface area contributed by atoms with Crippen molar-refractivity contribution in [2.45, 2.75) is 37.9 Å². The van der Waals surface area contributed by atoms with Gasteiger partial charge in [-0.05, 0) is 26.0 Å². The lowest BCUT2D eigenvalue weighted by atomic mass is 10.1. The summed E-state index contributed by atoms with van der Waals surface area (Å²) < 4.78 is 11.3. The lowest BCUT2D eigenvalue weighted by molar-refractivity contribution is -0.157. The summed E-state index contributed by atoms with van der Waals surface area (Å²) >= 11 is 0. The molecule has 23 heavy (non-hydrogen) atoms. The Bertz CT molecular complexity index is 608. The van der Waals surface area contributed by atoms with Crippen molar-refractivity contribution in [1.29, 1.82) is 0 Å². The van der Waals surface area contributed by atoms with Gasteiger partial charge < -0.3 is 19.7 Å². The number of carbonyl (C=O) groups excluding carboxylic acids is 2. The van der Waals surface area contributed by atoms with E-state index >= 15 is 0 Å². The minimum Gasteiger partial charge on any atom is -0.394 e. The molecular formula is C16H19NO6. The highest BCUT2D eigenvalue weighted by atomic mass is 16.8. The maximum absolute atomic E-state index is 12.4. The molecule has 3 rings (SSSR count). The number of aliphatic hydroxyl groups is 2. The summed E-state index contributed by atoms with van der Waals surface area (Å²) in [5.74, 6) is -1.75. The topological polar surface area (TPSA) is 96.3 Å². The van der Waals surface area contributed by atoms with E-state index in [4.69, 9.17) is 14.6 Å². The molecular weight excluding hydrogens is 302 g/mol. The largest absolute Gasteiger partial charge is 0.394 e. The van der Waals surface area contributed by atoms with Crippen molar-refractivity contribution >= 4 is 11.8 Å². The van der Waals surface area contributed by atoms with E-state index in [0.29, 0.717) is 11.1 Å². The fraction of sp³-hybridized carbons (Fsp3) is 0.500. The molecule has 0 aliphatic carbocycles. The normalized spacial score (nSPS) is 27.4. The number of fused-ring (bicyclic) bond motifs is 1. The Hall–Kier alpha value is -1.80. The molecule has 0 saturated carbocycles. The Kier molecular flexibility index (Phi) is 3.97. The third-order valence-electron chi connectivity index (χ3n) is 4.03. The van der Waals surface area contributed by atoms with E-state index in [9.17, 15) is 14.7 Å². The van der Waals surface area contributed by atoms with Gasteiger partial charge in [-0.2, -0.15) is 0 Å². The number of hydrogen-bond acceptors (Lipinski definition) is 6.